The lowest BCUT2D eigenvalue weighted by molar-refractivity contribution is 0.0706. The zero-order chi connectivity index (χ0) is 18.0. The van der Waals surface area contributed by atoms with Crippen LogP contribution in [0.1, 0.15) is 23.2 Å². The van der Waals surface area contributed by atoms with Crippen molar-refractivity contribution >= 4 is 27.3 Å². The fourth-order valence-electron chi connectivity index (χ4n) is 2.73. The average molecular weight is 386 g/mol. The lowest BCUT2D eigenvalue weighted by Gasteiger charge is -2.32. The molecule has 2 heterocycles. The maximum Gasteiger partial charge on any atom is 0.256 e. The summed E-state index contributed by atoms with van der Waals surface area (Å²) < 4.78 is 54.3. The number of nitrogens with one attached hydrogen (secondary N) is 1. The Morgan fingerprint density at radius 3 is 2.56 bits per heavy atom. The van der Waals surface area contributed by atoms with Crippen LogP contribution in [0.5, 0.6) is 0 Å². The Bertz CT molecular complexity index is 862. The molecule has 1 amide bonds. The van der Waals surface area contributed by atoms with Gasteiger partial charge in [-0.2, -0.15) is 0 Å². The number of benzene rings is 1. The molecule has 1 aliphatic rings. The van der Waals surface area contributed by atoms with Crippen molar-refractivity contribution in [2.75, 3.05) is 13.1 Å². The van der Waals surface area contributed by atoms with Gasteiger partial charge in [-0.25, -0.2) is 21.9 Å². The number of halogens is 2. The van der Waals surface area contributed by atoms with Gasteiger partial charge < -0.3 is 4.90 Å². The van der Waals surface area contributed by atoms with Crippen LogP contribution in [0.25, 0.3) is 0 Å². The monoisotopic (exact) mass is 386 g/mol. The molecular formula is C16H16F2N2O3S2. The third-order valence-corrected chi connectivity index (χ3v) is 6.94. The van der Waals surface area contributed by atoms with Crippen LogP contribution in [0.2, 0.25) is 0 Å². The van der Waals surface area contributed by atoms with Crippen molar-refractivity contribution < 1.29 is 22.0 Å². The van der Waals surface area contributed by atoms with Gasteiger partial charge in [0.25, 0.3) is 5.91 Å². The van der Waals surface area contributed by atoms with Crippen molar-refractivity contribution in [3.8, 4) is 0 Å². The van der Waals surface area contributed by atoms with Crippen molar-refractivity contribution in [2.45, 2.75) is 23.1 Å². The van der Waals surface area contributed by atoms with E-state index < -0.39 is 27.6 Å². The molecule has 0 spiro atoms. The third-order valence-electron chi connectivity index (χ3n) is 4.02. The largest absolute Gasteiger partial charge is 0.338 e. The van der Waals surface area contributed by atoms with Gasteiger partial charge in [0.15, 0.2) is 0 Å². The van der Waals surface area contributed by atoms with E-state index in [1.165, 1.54) is 11.0 Å². The van der Waals surface area contributed by atoms with E-state index in [9.17, 15) is 22.0 Å². The number of thiophene rings is 1. The summed E-state index contributed by atoms with van der Waals surface area (Å²) in [4.78, 5) is 13.7. The summed E-state index contributed by atoms with van der Waals surface area (Å²) in [7, 11) is -3.56. The highest BCUT2D eigenvalue weighted by atomic mass is 32.2. The van der Waals surface area contributed by atoms with E-state index in [4.69, 9.17) is 0 Å². The van der Waals surface area contributed by atoms with Gasteiger partial charge in [-0.15, -0.1) is 11.3 Å². The summed E-state index contributed by atoms with van der Waals surface area (Å²) >= 11 is 1.13. The van der Waals surface area contributed by atoms with Crippen LogP contribution in [0.4, 0.5) is 8.78 Å². The van der Waals surface area contributed by atoms with Gasteiger partial charge >= 0.3 is 0 Å². The zero-order valence-corrected chi connectivity index (χ0v) is 14.7. The van der Waals surface area contributed by atoms with Crippen molar-refractivity contribution in [2.24, 2.45) is 0 Å². The molecule has 0 radical (unpaired) electrons. The maximum absolute atomic E-state index is 13.7. The summed E-state index contributed by atoms with van der Waals surface area (Å²) in [6.07, 6.45) is 0.820. The minimum atomic E-state index is -3.56. The minimum Gasteiger partial charge on any atom is -0.338 e. The first kappa shape index (κ1) is 18.0. The van der Waals surface area contributed by atoms with Gasteiger partial charge in [0.05, 0.1) is 5.56 Å². The van der Waals surface area contributed by atoms with Crippen LogP contribution in [0.15, 0.2) is 39.9 Å². The Morgan fingerprint density at radius 2 is 1.92 bits per heavy atom. The number of carbonyl (C=O) groups excluding carboxylic acids is 1. The molecule has 134 valence electrons. The molecule has 1 fully saturated rings. The topological polar surface area (TPSA) is 66.5 Å². The Labute approximate surface area is 148 Å². The van der Waals surface area contributed by atoms with Crippen LogP contribution in [-0.2, 0) is 10.0 Å². The smallest absolute Gasteiger partial charge is 0.256 e. The van der Waals surface area contributed by atoms with E-state index in [1.807, 2.05) is 0 Å². The molecule has 1 N–H and O–H groups in total. The first-order valence-corrected chi connectivity index (χ1v) is 10.0. The second-order valence-corrected chi connectivity index (χ2v) is 8.63. The molecule has 1 aliphatic heterocycles. The summed E-state index contributed by atoms with van der Waals surface area (Å²) in [5, 5.41) is 1.68. The highest BCUT2D eigenvalue weighted by Crippen LogP contribution is 2.20. The van der Waals surface area contributed by atoms with Crippen molar-refractivity contribution in [3.63, 3.8) is 0 Å². The Kier molecular flexibility index (Phi) is 5.16. The quantitative estimate of drug-likeness (QED) is 0.878. The van der Waals surface area contributed by atoms with E-state index in [2.05, 4.69) is 4.72 Å². The lowest BCUT2D eigenvalue weighted by atomic mass is 10.0. The van der Waals surface area contributed by atoms with E-state index in [-0.39, 0.29) is 28.9 Å². The molecule has 25 heavy (non-hydrogen) atoms. The predicted octanol–water partition coefficient (Wildman–Crippen LogP) is 2.61. The van der Waals surface area contributed by atoms with Gasteiger partial charge in [-0.05, 0) is 42.5 Å². The van der Waals surface area contributed by atoms with E-state index >= 15 is 0 Å². The van der Waals surface area contributed by atoms with Crippen molar-refractivity contribution in [1.82, 2.24) is 9.62 Å². The number of rotatable bonds is 4. The van der Waals surface area contributed by atoms with Gasteiger partial charge in [0.1, 0.15) is 15.8 Å². The number of sulfonamides is 1. The normalized spacial score (nSPS) is 16.2. The molecule has 1 saturated heterocycles. The number of piperidine rings is 1. The van der Waals surface area contributed by atoms with Gasteiger partial charge in [0.2, 0.25) is 10.0 Å². The molecule has 0 saturated carbocycles. The number of carbonyl (C=O) groups is 1. The summed E-state index contributed by atoms with van der Waals surface area (Å²) in [5.74, 6) is -2.04. The fraction of sp³-hybridized carbons (Fsp3) is 0.312. The molecule has 0 bridgehead atoms. The molecule has 1 aromatic carbocycles. The molecule has 0 aliphatic carbocycles. The fourth-order valence-corrected chi connectivity index (χ4v) is 5.04. The van der Waals surface area contributed by atoms with Crippen LogP contribution in [0.3, 0.4) is 0 Å². The number of amides is 1. The molecule has 3 rings (SSSR count). The van der Waals surface area contributed by atoms with Gasteiger partial charge in [-0.1, -0.05) is 6.07 Å². The second kappa shape index (κ2) is 7.19. The second-order valence-electron chi connectivity index (χ2n) is 5.74. The molecule has 2 aromatic rings. The van der Waals surface area contributed by atoms with Gasteiger partial charge in [-0.3, -0.25) is 4.79 Å². The standard InChI is InChI=1S/C16H16F2N2O3S2/c17-11-3-4-14(18)13(10-11)16(21)20-7-5-12(6-8-20)19-25(22,23)15-2-1-9-24-15/h1-4,9-10,12,19H,5-8H2. The van der Waals surface area contributed by atoms with Crippen LogP contribution in [0, 0.1) is 11.6 Å². The van der Waals surface area contributed by atoms with E-state index in [1.54, 1.807) is 11.4 Å². The zero-order valence-electron chi connectivity index (χ0n) is 13.1. The number of nitrogens with zero attached hydrogens (tertiary/aromatic N) is 1. The van der Waals surface area contributed by atoms with E-state index in [0.29, 0.717) is 12.8 Å². The summed E-state index contributed by atoms with van der Waals surface area (Å²) in [5.41, 5.74) is -0.308. The lowest BCUT2D eigenvalue weighted by Crippen LogP contribution is -2.46. The van der Waals surface area contributed by atoms with Gasteiger partial charge in [0, 0.05) is 19.1 Å². The first-order chi connectivity index (χ1) is 11.9. The highest BCUT2D eigenvalue weighted by Gasteiger charge is 2.28. The molecule has 0 atom stereocenters. The predicted molar refractivity (Wildman–Crippen MR) is 89.9 cm³/mol. The van der Waals surface area contributed by atoms with Crippen LogP contribution < -0.4 is 4.72 Å². The minimum absolute atomic E-state index is 0.243. The molecule has 5 nitrogen and oxygen atoms in total. The van der Waals surface area contributed by atoms with Crippen LogP contribution in [-0.4, -0.2) is 38.4 Å². The number of hydrogen-bond donors (Lipinski definition) is 1. The van der Waals surface area contributed by atoms with Crippen molar-refractivity contribution in [3.05, 3.63) is 52.9 Å². The summed E-state index contributed by atoms with van der Waals surface area (Å²) in [6.45, 7) is 0.541. The third kappa shape index (κ3) is 4.05. The SMILES string of the molecule is O=C(c1cc(F)ccc1F)N1CCC(NS(=O)(=O)c2cccs2)CC1. The number of likely N-dealkylation sites (tertiary alicyclic amines) is 1. The molecule has 1 aromatic heterocycles. The first-order valence-electron chi connectivity index (χ1n) is 7.67. The van der Waals surface area contributed by atoms with E-state index in [0.717, 1.165) is 29.5 Å². The molecule has 0 unspecified atom stereocenters. The molecule has 9 heteroatoms. The summed E-state index contributed by atoms with van der Waals surface area (Å²) in [6, 6.07) is 5.64. The Balaban J connectivity index is 1.62. The number of hydrogen-bond acceptors (Lipinski definition) is 4. The molecular weight excluding hydrogens is 370 g/mol. The van der Waals surface area contributed by atoms with Crippen molar-refractivity contribution in [1.29, 1.82) is 0 Å². The Hall–Kier alpha value is -1.84. The highest BCUT2D eigenvalue weighted by molar-refractivity contribution is 7.91. The average Bonchev–Trinajstić information content (AvgIpc) is 3.12. The van der Waals surface area contributed by atoms with Crippen LogP contribution >= 0.6 is 11.3 Å². The maximum atomic E-state index is 13.7. The Morgan fingerprint density at radius 1 is 1.20 bits per heavy atom.